The SMILES string of the molecule is C=CCN(C(=O)[C@H]1[C@H]2C(=O)N(CCCO)C(C(=O)N(CC=C)C(C)(C)C)C23CC[C@]1(C)O3)c1ccccc1. The summed E-state index contributed by atoms with van der Waals surface area (Å²) in [4.78, 5) is 47.7. The van der Waals surface area contributed by atoms with Crippen molar-refractivity contribution in [2.45, 2.75) is 69.7 Å². The van der Waals surface area contributed by atoms with Crippen LogP contribution in [0.1, 0.15) is 47.0 Å². The van der Waals surface area contributed by atoms with E-state index in [1.54, 1.807) is 26.9 Å². The van der Waals surface area contributed by atoms with Crippen molar-refractivity contribution in [3.63, 3.8) is 0 Å². The summed E-state index contributed by atoms with van der Waals surface area (Å²) in [5.74, 6) is -2.21. The second-order valence-corrected chi connectivity index (χ2v) is 11.8. The monoisotopic (exact) mass is 523 g/mol. The lowest BCUT2D eigenvalue weighted by Gasteiger charge is -2.42. The van der Waals surface area contributed by atoms with Gasteiger partial charge in [-0.2, -0.15) is 0 Å². The van der Waals surface area contributed by atoms with Gasteiger partial charge >= 0.3 is 0 Å². The van der Waals surface area contributed by atoms with Crippen LogP contribution < -0.4 is 4.90 Å². The molecular weight excluding hydrogens is 482 g/mol. The lowest BCUT2D eigenvalue weighted by atomic mass is 9.66. The molecule has 0 saturated carbocycles. The Morgan fingerprint density at radius 1 is 1.13 bits per heavy atom. The molecule has 206 valence electrons. The van der Waals surface area contributed by atoms with Crippen molar-refractivity contribution in [2.24, 2.45) is 11.8 Å². The number of anilines is 1. The number of likely N-dealkylation sites (tertiary alicyclic amines) is 1. The minimum atomic E-state index is -1.11. The molecule has 1 aromatic carbocycles. The highest BCUT2D eigenvalue weighted by Gasteiger charge is 2.78. The molecule has 1 N–H and O–H groups in total. The summed E-state index contributed by atoms with van der Waals surface area (Å²) < 4.78 is 6.75. The molecule has 0 radical (unpaired) electrons. The van der Waals surface area contributed by atoms with Gasteiger partial charge in [-0.1, -0.05) is 30.4 Å². The zero-order valence-corrected chi connectivity index (χ0v) is 23.1. The second-order valence-electron chi connectivity index (χ2n) is 11.8. The normalized spacial score (nSPS) is 29.8. The van der Waals surface area contributed by atoms with Crippen LogP contribution in [0.5, 0.6) is 0 Å². The third-order valence-electron chi connectivity index (χ3n) is 8.37. The van der Waals surface area contributed by atoms with Gasteiger partial charge in [0.05, 0.1) is 17.4 Å². The van der Waals surface area contributed by atoms with Crippen molar-refractivity contribution < 1.29 is 24.2 Å². The van der Waals surface area contributed by atoms with Crippen molar-refractivity contribution in [2.75, 3.05) is 31.1 Å². The van der Waals surface area contributed by atoms with Crippen LogP contribution in [0.4, 0.5) is 5.69 Å². The largest absolute Gasteiger partial charge is 0.396 e. The fourth-order valence-corrected chi connectivity index (χ4v) is 6.76. The molecule has 2 unspecified atom stereocenters. The summed E-state index contributed by atoms with van der Waals surface area (Å²) in [6.45, 7) is 16.1. The van der Waals surface area contributed by atoms with Crippen LogP contribution in [-0.4, -0.2) is 81.7 Å². The molecule has 3 amide bonds. The van der Waals surface area contributed by atoms with E-state index in [0.717, 1.165) is 5.69 Å². The number of ether oxygens (including phenoxy) is 1. The van der Waals surface area contributed by atoms with E-state index in [-0.39, 0.29) is 37.4 Å². The van der Waals surface area contributed by atoms with Gasteiger partial charge in [-0.25, -0.2) is 0 Å². The van der Waals surface area contributed by atoms with E-state index < -0.39 is 34.6 Å². The smallest absolute Gasteiger partial charge is 0.249 e. The molecule has 8 nitrogen and oxygen atoms in total. The van der Waals surface area contributed by atoms with Gasteiger partial charge in [-0.05, 0) is 59.1 Å². The summed E-state index contributed by atoms with van der Waals surface area (Å²) in [6, 6.07) is 8.46. The molecule has 1 spiro atoms. The first kappa shape index (κ1) is 28.0. The summed E-state index contributed by atoms with van der Waals surface area (Å²) in [5.41, 5.74) is -1.79. The van der Waals surface area contributed by atoms with Crippen LogP contribution in [0.2, 0.25) is 0 Å². The van der Waals surface area contributed by atoms with Gasteiger partial charge in [0.1, 0.15) is 11.6 Å². The molecule has 0 aromatic heterocycles. The molecule has 3 heterocycles. The second kappa shape index (κ2) is 10.3. The van der Waals surface area contributed by atoms with Crippen molar-refractivity contribution >= 4 is 23.4 Å². The lowest BCUT2D eigenvalue weighted by Crippen LogP contribution is -2.60. The number of fused-ring (bicyclic) bond motifs is 1. The number of amides is 3. The van der Waals surface area contributed by atoms with E-state index in [0.29, 0.717) is 25.8 Å². The third kappa shape index (κ3) is 4.37. The predicted octanol–water partition coefficient (Wildman–Crippen LogP) is 3.17. The number of para-hydroxylation sites is 1. The van der Waals surface area contributed by atoms with Gasteiger partial charge in [-0.3, -0.25) is 14.4 Å². The fraction of sp³-hybridized carbons (Fsp3) is 0.567. The Balaban J connectivity index is 1.80. The molecule has 8 heteroatoms. The van der Waals surface area contributed by atoms with Crippen LogP contribution in [0.25, 0.3) is 0 Å². The van der Waals surface area contributed by atoms with Crippen molar-refractivity contribution in [3.8, 4) is 0 Å². The summed E-state index contributed by atoms with van der Waals surface area (Å²) in [5, 5.41) is 9.58. The van der Waals surface area contributed by atoms with E-state index in [1.165, 1.54) is 0 Å². The first-order valence-electron chi connectivity index (χ1n) is 13.5. The van der Waals surface area contributed by atoms with E-state index >= 15 is 0 Å². The summed E-state index contributed by atoms with van der Waals surface area (Å²) in [7, 11) is 0. The Morgan fingerprint density at radius 2 is 1.79 bits per heavy atom. The van der Waals surface area contributed by atoms with Crippen LogP contribution in [0, 0.1) is 11.8 Å². The van der Waals surface area contributed by atoms with Crippen molar-refractivity contribution in [1.29, 1.82) is 0 Å². The van der Waals surface area contributed by atoms with E-state index in [4.69, 9.17) is 4.74 Å². The highest BCUT2D eigenvalue weighted by Crippen LogP contribution is 2.63. The van der Waals surface area contributed by atoms with Gasteiger partial charge in [-0.15, -0.1) is 13.2 Å². The third-order valence-corrected chi connectivity index (χ3v) is 8.37. The molecule has 38 heavy (non-hydrogen) atoms. The van der Waals surface area contributed by atoms with E-state index in [2.05, 4.69) is 13.2 Å². The number of hydrogen-bond donors (Lipinski definition) is 1. The molecule has 3 fully saturated rings. The number of aliphatic hydroxyl groups excluding tert-OH is 1. The van der Waals surface area contributed by atoms with E-state index in [1.807, 2.05) is 58.0 Å². The molecular formula is C30H41N3O5. The predicted molar refractivity (Wildman–Crippen MR) is 146 cm³/mol. The molecule has 3 aliphatic heterocycles. The first-order chi connectivity index (χ1) is 18.0. The Labute approximate surface area is 225 Å². The van der Waals surface area contributed by atoms with Crippen LogP contribution in [0.3, 0.4) is 0 Å². The fourth-order valence-electron chi connectivity index (χ4n) is 6.76. The van der Waals surface area contributed by atoms with E-state index in [9.17, 15) is 19.5 Å². The average molecular weight is 524 g/mol. The minimum absolute atomic E-state index is 0.111. The number of aliphatic hydroxyl groups is 1. The maximum atomic E-state index is 14.3. The van der Waals surface area contributed by atoms with Crippen LogP contribution in [-0.2, 0) is 19.1 Å². The minimum Gasteiger partial charge on any atom is -0.396 e. The Bertz CT molecular complexity index is 1100. The first-order valence-corrected chi connectivity index (χ1v) is 13.5. The number of nitrogens with zero attached hydrogens (tertiary/aromatic N) is 3. The van der Waals surface area contributed by atoms with Crippen LogP contribution in [0.15, 0.2) is 55.6 Å². The lowest BCUT2D eigenvalue weighted by molar-refractivity contribution is -0.154. The van der Waals surface area contributed by atoms with Gasteiger partial charge in [0.15, 0.2) is 0 Å². The molecule has 4 rings (SSSR count). The molecule has 5 atom stereocenters. The Hall–Kier alpha value is -2.97. The Morgan fingerprint density at radius 3 is 2.37 bits per heavy atom. The number of hydrogen-bond acceptors (Lipinski definition) is 5. The van der Waals surface area contributed by atoms with Crippen molar-refractivity contribution in [3.05, 3.63) is 55.6 Å². The maximum Gasteiger partial charge on any atom is 0.249 e. The zero-order chi connectivity index (χ0) is 27.9. The zero-order valence-electron chi connectivity index (χ0n) is 23.1. The summed E-state index contributed by atoms with van der Waals surface area (Å²) >= 11 is 0. The molecule has 1 aromatic rings. The van der Waals surface area contributed by atoms with Crippen LogP contribution >= 0.6 is 0 Å². The highest BCUT2D eigenvalue weighted by atomic mass is 16.5. The Kier molecular flexibility index (Phi) is 7.60. The standard InChI is InChI=1S/C30H41N3O5/c1-7-17-31(21-13-10-9-11-14-21)25(35)22-23-26(36)32(19-12-20-34)24(30(23)16-15-29(22,6)38-30)27(37)33(18-8-2)28(3,4)5/h7-11,13-14,22-24,34H,1-2,12,15-20H2,3-6H3/t22-,23+,24?,29+,30?/m1/s1. The quantitative estimate of drug-likeness (QED) is 0.476. The number of carbonyl (C=O) groups excluding carboxylic acids is 3. The van der Waals surface area contributed by atoms with Gasteiger partial charge in [0.2, 0.25) is 17.7 Å². The molecule has 2 bridgehead atoms. The van der Waals surface area contributed by atoms with Crippen molar-refractivity contribution in [1.82, 2.24) is 9.80 Å². The number of benzene rings is 1. The summed E-state index contributed by atoms with van der Waals surface area (Å²) in [6.07, 6.45) is 4.76. The average Bonchev–Trinajstić information content (AvgIpc) is 3.44. The molecule has 3 aliphatic rings. The van der Waals surface area contributed by atoms with Gasteiger partial charge in [0.25, 0.3) is 0 Å². The topological polar surface area (TPSA) is 90.4 Å². The maximum absolute atomic E-state index is 14.3. The molecule has 0 aliphatic carbocycles. The number of carbonyl (C=O) groups is 3. The highest BCUT2D eigenvalue weighted by molar-refractivity contribution is 6.03. The van der Waals surface area contributed by atoms with Gasteiger partial charge < -0.3 is 24.5 Å². The molecule has 3 saturated heterocycles. The number of rotatable bonds is 10. The van der Waals surface area contributed by atoms with Gasteiger partial charge in [0, 0.05) is 37.5 Å².